The molecule has 0 aromatic rings. The largest absolute Gasteiger partial charge is 0.389 e. The van der Waals surface area contributed by atoms with E-state index in [4.69, 9.17) is 0 Å². The average Bonchev–Trinajstić information content (AvgIpc) is 2.63. The molecule has 1 aliphatic rings. The van der Waals surface area contributed by atoms with Crippen molar-refractivity contribution in [3.05, 3.63) is 0 Å². The highest BCUT2D eigenvalue weighted by Gasteiger charge is 2.26. The van der Waals surface area contributed by atoms with Gasteiger partial charge in [0.1, 0.15) is 0 Å². The van der Waals surface area contributed by atoms with Crippen molar-refractivity contribution >= 4 is 6.03 Å². The molecule has 0 unspecified atom stereocenters. The molecule has 0 aliphatic heterocycles. The summed E-state index contributed by atoms with van der Waals surface area (Å²) in [5.41, 5.74) is 0. The molecule has 0 heterocycles. The zero-order valence-corrected chi connectivity index (χ0v) is 9.07. The van der Waals surface area contributed by atoms with Crippen LogP contribution in [0.2, 0.25) is 0 Å². The van der Waals surface area contributed by atoms with Crippen LogP contribution in [0.15, 0.2) is 0 Å². The summed E-state index contributed by atoms with van der Waals surface area (Å²) < 4.78 is 35.3. The highest BCUT2D eigenvalue weighted by molar-refractivity contribution is 5.74. The van der Waals surface area contributed by atoms with E-state index in [1.165, 1.54) is 0 Å². The molecule has 1 fully saturated rings. The average molecular weight is 238 g/mol. The first-order valence-corrected chi connectivity index (χ1v) is 5.58. The minimum absolute atomic E-state index is 0.0675. The highest BCUT2D eigenvalue weighted by atomic mass is 19.4. The summed E-state index contributed by atoms with van der Waals surface area (Å²) >= 11 is 0. The van der Waals surface area contributed by atoms with E-state index in [1.54, 1.807) is 0 Å². The topological polar surface area (TPSA) is 41.1 Å². The number of amides is 2. The maximum atomic E-state index is 11.8. The van der Waals surface area contributed by atoms with Crippen LogP contribution in [-0.2, 0) is 0 Å². The van der Waals surface area contributed by atoms with Crippen LogP contribution in [0.3, 0.4) is 0 Å². The molecule has 2 amide bonds. The summed E-state index contributed by atoms with van der Waals surface area (Å²) in [5.74, 6) is 0. The highest BCUT2D eigenvalue weighted by Crippen LogP contribution is 2.20. The van der Waals surface area contributed by atoms with Gasteiger partial charge in [-0.3, -0.25) is 0 Å². The summed E-state index contributed by atoms with van der Waals surface area (Å²) in [4.78, 5) is 11.2. The maximum absolute atomic E-state index is 11.8. The second-order valence-corrected chi connectivity index (χ2v) is 4.10. The number of carbonyl (C=O) groups excluding carboxylic acids is 1. The fraction of sp³-hybridized carbons (Fsp3) is 0.900. The summed E-state index contributed by atoms with van der Waals surface area (Å²) in [6.07, 6.45) is -0.897. The first kappa shape index (κ1) is 13.1. The van der Waals surface area contributed by atoms with Gasteiger partial charge in [-0.2, -0.15) is 13.2 Å². The Morgan fingerprint density at radius 3 is 2.44 bits per heavy atom. The molecular formula is C10H17F3N2O. The van der Waals surface area contributed by atoms with Crippen molar-refractivity contribution < 1.29 is 18.0 Å². The third-order valence-corrected chi connectivity index (χ3v) is 2.61. The number of urea groups is 1. The van der Waals surface area contributed by atoms with Gasteiger partial charge < -0.3 is 10.6 Å². The molecule has 0 aromatic carbocycles. The Balaban J connectivity index is 2.02. The van der Waals surface area contributed by atoms with Gasteiger partial charge in [-0.25, -0.2) is 4.79 Å². The zero-order chi connectivity index (χ0) is 12.0. The van der Waals surface area contributed by atoms with Crippen LogP contribution in [0.25, 0.3) is 0 Å². The van der Waals surface area contributed by atoms with Crippen molar-refractivity contribution in [1.29, 1.82) is 0 Å². The number of carbonyl (C=O) groups is 1. The quantitative estimate of drug-likeness (QED) is 0.726. The van der Waals surface area contributed by atoms with E-state index < -0.39 is 12.6 Å². The normalized spacial score (nSPS) is 17.4. The fourth-order valence-electron chi connectivity index (χ4n) is 1.80. The minimum atomic E-state index is -4.14. The Hall–Kier alpha value is -0.940. The van der Waals surface area contributed by atoms with Gasteiger partial charge in [0.05, 0.1) is 0 Å². The van der Waals surface area contributed by atoms with E-state index in [2.05, 4.69) is 10.6 Å². The summed E-state index contributed by atoms with van der Waals surface area (Å²) in [6, 6.07) is -0.156. The van der Waals surface area contributed by atoms with E-state index in [0.29, 0.717) is 0 Å². The number of hydrogen-bond acceptors (Lipinski definition) is 1. The van der Waals surface area contributed by atoms with Crippen LogP contribution >= 0.6 is 0 Å². The number of hydrogen-bond donors (Lipinski definition) is 2. The van der Waals surface area contributed by atoms with Crippen molar-refractivity contribution in [3.8, 4) is 0 Å². The molecule has 16 heavy (non-hydrogen) atoms. The first-order chi connectivity index (χ1) is 7.47. The number of alkyl halides is 3. The minimum Gasteiger partial charge on any atom is -0.338 e. The van der Waals surface area contributed by atoms with Gasteiger partial charge in [-0.15, -0.1) is 0 Å². The lowest BCUT2D eigenvalue weighted by atomic mass is 10.2. The Labute approximate surface area is 92.8 Å². The van der Waals surface area contributed by atoms with E-state index in [9.17, 15) is 18.0 Å². The molecule has 0 aromatic heterocycles. The summed E-state index contributed by atoms with van der Waals surface area (Å²) in [5, 5.41) is 5.18. The van der Waals surface area contributed by atoms with Crippen molar-refractivity contribution in [1.82, 2.24) is 10.6 Å². The maximum Gasteiger partial charge on any atom is 0.389 e. The van der Waals surface area contributed by atoms with Crippen molar-refractivity contribution in [2.24, 2.45) is 0 Å². The van der Waals surface area contributed by atoms with Crippen LogP contribution < -0.4 is 10.6 Å². The van der Waals surface area contributed by atoms with Gasteiger partial charge in [0, 0.05) is 19.0 Å². The molecule has 1 aliphatic carbocycles. The Kier molecular flexibility index (Phi) is 4.89. The lowest BCUT2D eigenvalue weighted by Crippen LogP contribution is -2.41. The van der Waals surface area contributed by atoms with E-state index in [0.717, 1.165) is 25.7 Å². The Morgan fingerprint density at radius 2 is 1.88 bits per heavy atom. The molecule has 0 atom stereocenters. The van der Waals surface area contributed by atoms with Crippen LogP contribution in [0.5, 0.6) is 0 Å². The predicted molar refractivity (Wildman–Crippen MR) is 54.1 cm³/mol. The lowest BCUT2D eigenvalue weighted by molar-refractivity contribution is -0.135. The number of rotatable bonds is 4. The second-order valence-electron chi connectivity index (χ2n) is 4.10. The van der Waals surface area contributed by atoms with Gasteiger partial charge in [0.25, 0.3) is 0 Å². The van der Waals surface area contributed by atoms with Crippen LogP contribution in [0, 0.1) is 0 Å². The molecular weight excluding hydrogens is 221 g/mol. The molecule has 2 N–H and O–H groups in total. The van der Waals surface area contributed by atoms with Crippen LogP contribution in [0.1, 0.15) is 38.5 Å². The van der Waals surface area contributed by atoms with Gasteiger partial charge in [-0.1, -0.05) is 12.8 Å². The van der Waals surface area contributed by atoms with Crippen molar-refractivity contribution in [2.75, 3.05) is 6.54 Å². The fourth-order valence-corrected chi connectivity index (χ4v) is 1.80. The predicted octanol–water partition coefficient (Wildman–Crippen LogP) is 2.57. The first-order valence-electron chi connectivity index (χ1n) is 5.58. The van der Waals surface area contributed by atoms with Crippen LogP contribution in [0.4, 0.5) is 18.0 Å². The number of nitrogens with one attached hydrogen (secondary N) is 2. The van der Waals surface area contributed by atoms with Gasteiger partial charge in [-0.05, 0) is 19.3 Å². The third-order valence-electron chi connectivity index (χ3n) is 2.61. The monoisotopic (exact) mass is 238 g/mol. The zero-order valence-electron chi connectivity index (χ0n) is 9.07. The standard InChI is InChI=1S/C10H17F3N2O/c11-10(12,13)6-3-7-14-9(16)15-8-4-1-2-5-8/h8H,1-7H2,(H2,14,15,16). The molecule has 0 saturated heterocycles. The van der Waals surface area contributed by atoms with Gasteiger partial charge in [0.15, 0.2) is 0 Å². The molecule has 0 spiro atoms. The molecule has 0 bridgehead atoms. The summed E-state index contributed by atoms with van der Waals surface area (Å²) in [6.45, 7) is 0.0675. The number of halogens is 3. The second kappa shape index (κ2) is 5.96. The molecule has 1 rings (SSSR count). The van der Waals surface area contributed by atoms with Gasteiger partial charge >= 0.3 is 12.2 Å². The molecule has 1 saturated carbocycles. The third kappa shape index (κ3) is 5.82. The molecule has 6 heteroatoms. The molecule has 94 valence electrons. The SMILES string of the molecule is O=C(NCCCC(F)(F)F)NC1CCCC1. The molecule has 0 radical (unpaired) electrons. The molecule has 3 nitrogen and oxygen atoms in total. The van der Waals surface area contributed by atoms with Crippen LogP contribution in [-0.4, -0.2) is 24.8 Å². The Bertz CT molecular complexity index is 225. The smallest absolute Gasteiger partial charge is 0.338 e. The lowest BCUT2D eigenvalue weighted by Gasteiger charge is -2.13. The van der Waals surface area contributed by atoms with Gasteiger partial charge in [0.2, 0.25) is 0 Å². The van der Waals surface area contributed by atoms with E-state index in [-0.39, 0.29) is 25.0 Å². The van der Waals surface area contributed by atoms with Crippen molar-refractivity contribution in [3.63, 3.8) is 0 Å². The Morgan fingerprint density at radius 1 is 1.25 bits per heavy atom. The summed E-state index contributed by atoms with van der Waals surface area (Å²) in [7, 11) is 0. The van der Waals surface area contributed by atoms with E-state index in [1.807, 2.05) is 0 Å². The van der Waals surface area contributed by atoms with Crippen molar-refractivity contribution in [2.45, 2.75) is 50.7 Å². The van der Waals surface area contributed by atoms with E-state index >= 15 is 0 Å².